The second-order valence-electron chi connectivity index (χ2n) is 8.36. The summed E-state index contributed by atoms with van der Waals surface area (Å²) in [4.78, 5) is 41.7. The maximum Gasteiger partial charge on any atom is 0.261 e. The number of thiophene rings is 1. The van der Waals surface area contributed by atoms with Gasteiger partial charge in [-0.15, -0.1) is 11.3 Å². The van der Waals surface area contributed by atoms with Crippen molar-refractivity contribution < 1.29 is 23.5 Å². The number of hydrogen-bond donors (Lipinski definition) is 2. The highest BCUT2D eigenvalue weighted by Crippen LogP contribution is 2.35. The Morgan fingerprint density at radius 3 is 2.57 bits per heavy atom. The first kappa shape index (κ1) is 24.5. The van der Waals surface area contributed by atoms with Crippen molar-refractivity contribution in [3.63, 3.8) is 0 Å². The molecule has 4 rings (SSSR count). The molecule has 1 fully saturated rings. The number of nitrogens with zero attached hydrogens (tertiary/aromatic N) is 1. The summed E-state index contributed by atoms with van der Waals surface area (Å²) in [6.45, 7) is -0.303. The zero-order valence-electron chi connectivity index (χ0n) is 19.6. The van der Waals surface area contributed by atoms with Gasteiger partial charge in [0.15, 0.2) is 6.04 Å². The van der Waals surface area contributed by atoms with Gasteiger partial charge in [0.1, 0.15) is 11.5 Å². The Hall–Kier alpha value is -3.59. The van der Waals surface area contributed by atoms with Crippen LogP contribution in [-0.2, 0) is 9.59 Å². The fourth-order valence-electron chi connectivity index (χ4n) is 4.33. The van der Waals surface area contributed by atoms with E-state index in [1.807, 2.05) is 0 Å². The Balaban J connectivity index is 1.66. The van der Waals surface area contributed by atoms with Gasteiger partial charge in [-0.2, -0.15) is 0 Å². The van der Waals surface area contributed by atoms with Crippen molar-refractivity contribution in [2.24, 2.45) is 0 Å². The molecule has 8 nitrogen and oxygen atoms in total. The van der Waals surface area contributed by atoms with Gasteiger partial charge in [-0.3, -0.25) is 19.3 Å². The predicted molar refractivity (Wildman–Crippen MR) is 134 cm³/mol. The number of ether oxygens (including phenoxy) is 1. The SMILES string of the molecule is COc1ccccc1N(C(=O)CNC(=O)c1cccs1)C(C(=O)NC1CCCCC1)c1ccco1. The number of rotatable bonds is 9. The first-order valence-electron chi connectivity index (χ1n) is 11.7. The summed E-state index contributed by atoms with van der Waals surface area (Å²) in [5.41, 5.74) is 0.408. The van der Waals surface area contributed by atoms with E-state index >= 15 is 0 Å². The van der Waals surface area contributed by atoms with Gasteiger partial charge >= 0.3 is 0 Å². The highest BCUT2D eigenvalue weighted by Gasteiger charge is 2.37. The molecule has 3 amide bonds. The smallest absolute Gasteiger partial charge is 0.261 e. The first-order valence-corrected chi connectivity index (χ1v) is 12.6. The molecule has 0 radical (unpaired) electrons. The lowest BCUT2D eigenvalue weighted by atomic mass is 9.95. The summed E-state index contributed by atoms with van der Waals surface area (Å²) in [6, 6.07) is 12.8. The van der Waals surface area contributed by atoms with Crippen LogP contribution in [0.15, 0.2) is 64.6 Å². The Bertz CT molecular complexity index is 1120. The molecular formula is C26H29N3O5S. The van der Waals surface area contributed by atoms with Gasteiger partial charge in [0.05, 0.1) is 30.5 Å². The van der Waals surface area contributed by atoms with Crippen molar-refractivity contribution in [2.75, 3.05) is 18.6 Å². The van der Waals surface area contributed by atoms with Crippen LogP contribution in [0.5, 0.6) is 5.75 Å². The number of furan rings is 1. The van der Waals surface area contributed by atoms with Crippen LogP contribution in [0.1, 0.15) is 53.6 Å². The summed E-state index contributed by atoms with van der Waals surface area (Å²) >= 11 is 1.29. The highest BCUT2D eigenvalue weighted by molar-refractivity contribution is 7.12. The van der Waals surface area contributed by atoms with Crippen LogP contribution in [0.4, 0.5) is 5.69 Å². The van der Waals surface area contributed by atoms with Crippen LogP contribution in [0.25, 0.3) is 0 Å². The third kappa shape index (κ3) is 5.92. The van der Waals surface area contributed by atoms with E-state index in [0.717, 1.165) is 32.1 Å². The summed E-state index contributed by atoms with van der Waals surface area (Å²) in [5, 5.41) is 7.58. The van der Waals surface area contributed by atoms with Crippen molar-refractivity contribution in [1.82, 2.24) is 10.6 Å². The van der Waals surface area contributed by atoms with E-state index in [1.54, 1.807) is 53.9 Å². The molecule has 1 unspecified atom stereocenters. The highest BCUT2D eigenvalue weighted by atomic mass is 32.1. The van der Waals surface area contributed by atoms with Crippen molar-refractivity contribution >= 4 is 34.7 Å². The van der Waals surface area contributed by atoms with Crippen LogP contribution in [0.2, 0.25) is 0 Å². The first-order chi connectivity index (χ1) is 17.1. The fraction of sp³-hybridized carbons (Fsp3) is 0.346. The number of nitrogens with one attached hydrogen (secondary N) is 2. The molecule has 2 heterocycles. The molecular weight excluding hydrogens is 466 g/mol. The van der Waals surface area contributed by atoms with Crippen LogP contribution < -0.4 is 20.3 Å². The largest absolute Gasteiger partial charge is 0.495 e. The van der Waals surface area contributed by atoms with Crippen LogP contribution in [-0.4, -0.2) is 37.4 Å². The van der Waals surface area contributed by atoms with Crippen molar-refractivity contribution in [3.8, 4) is 5.75 Å². The predicted octanol–water partition coefficient (Wildman–Crippen LogP) is 4.30. The van der Waals surface area contributed by atoms with Crippen molar-refractivity contribution in [2.45, 2.75) is 44.2 Å². The molecule has 0 aliphatic heterocycles. The molecule has 2 aromatic heterocycles. The average Bonchev–Trinajstić information content (AvgIpc) is 3.61. The molecule has 0 spiro atoms. The molecule has 1 aliphatic rings. The minimum absolute atomic E-state index is 0.0434. The quantitative estimate of drug-likeness (QED) is 0.461. The molecule has 0 bridgehead atoms. The molecule has 0 saturated heterocycles. The van der Waals surface area contributed by atoms with Crippen LogP contribution in [0, 0.1) is 0 Å². The second-order valence-corrected chi connectivity index (χ2v) is 9.30. The van der Waals surface area contributed by atoms with Gasteiger partial charge in [-0.25, -0.2) is 0 Å². The Kier molecular flexibility index (Phi) is 8.20. The van der Waals surface area contributed by atoms with Crippen LogP contribution >= 0.6 is 11.3 Å². The maximum absolute atomic E-state index is 13.7. The molecule has 9 heteroatoms. The Morgan fingerprint density at radius 1 is 1.09 bits per heavy atom. The topological polar surface area (TPSA) is 101 Å². The number of benzene rings is 1. The van der Waals surface area contributed by atoms with E-state index in [4.69, 9.17) is 9.15 Å². The summed E-state index contributed by atoms with van der Waals surface area (Å²) in [7, 11) is 1.50. The monoisotopic (exact) mass is 495 g/mol. The van der Waals surface area contributed by atoms with E-state index in [2.05, 4.69) is 10.6 Å². The summed E-state index contributed by atoms with van der Waals surface area (Å²) in [6.07, 6.45) is 6.54. The average molecular weight is 496 g/mol. The van der Waals surface area contributed by atoms with E-state index in [9.17, 15) is 14.4 Å². The number of para-hydroxylation sites is 2. The molecule has 1 aliphatic carbocycles. The molecule has 35 heavy (non-hydrogen) atoms. The number of amides is 3. The number of carbonyl (C=O) groups is 3. The third-order valence-corrected chi connectivity index (χ3v) is 6.90. The molecule has 1 saturated carbocycles. The number of carbonyl (C=O) groups excluding carboxylic acids is 3. The summed E-state index contributed by atoms with van der Waals surface area (Å²) < 4.78 is 11.2. The maximum atomic E-state index is 13.7. The standard InChI is InChI=1S/C26H29N3O5S/c1-33-20-12-6-5-11-19(20)29(23(30)17-27-25(31)22-14-8-16-35-22)24(21-13-7-15-34-21)26(32)28-18-9-3-2-4-10-18/h5-8,11-16,18,24H,2-4,9-10,17H2,1H3,(H,27,31)(H,28,32). The fourth-order valence-corrected chi connectivity index (χ4v) is 4.97. The molecule has 2 N–H and O–H groups in total. The van der Waals surface area contributed by atoms with Gasteiger partial charge in [-0.1, -0.05) is 37.5 Å². The minimum atomic E-state index is -1.07. The number of methoxy groups -OCH3 is 1. The van der Waals surface area contributed by atoms with E-state index in [-0.39, 0.29) is 24.4 Å². The lowest BCUT2D eigenvalue weighted by Crippen LogP contribution is -2.49. The third-order valence-electron chi connectivity index (χ3n) is 6.03. The molecule has 184 valence electrons. The number of anilines is 1. The molecule has 1 aromatic carbocycles. The van der Waals surface area contributed by atoms with Gasteiger partial charge < -0.3 is 19.8 Å². The normalized spacial score (nSPS) is 14.7. The summed E-state index contributed by atoms with van der Waals surface area (Å²) in [5.74, 6) is -0.417. The zero-order valence-corrected chi connectivity index (χ0v) is 20.4. The van der Waals surface area contributed by atoms with E-state index in [0.29, 0.717) is 22.1 Å². The van der Waals surface area contributed by atoms with Crippen molar-refractivity contribution in [3.05, 3.63) is 70.8 Å². The number of hydrogen-bond acceptors (Lipinski definition) is 6. The Labute approximate surface area is 208 Å². The van der Waals surface area contributed by atoms with Crippen molar-refractivity contribution in [1.29, 1.82) is 0 Å². The van der Waals surface area contributed by atoms with Gasteiger partial charge in [-0.05, 0) is 48.6 Å². The lowest BCUT2D eigenvalue weighted by molar-refractivity contribution is -0.127. The Morgan fingerprint density at radius 2 is 1.89 bits per heavy atom. The minimum Gasteiger partial charge on any atom is -0.495 e. The molecule has 3 aromatic rings. The second kappa shape index (κ2) is 11.7. The lowest BCUT2D eigenvalue weighted by Gasteiger charge is -2.32. The van der Waals surface area contributed by atoms with Gasteiger partial charge in [0.2, 0.25) is 5.91 Å². The van der Waals surface area contributed by atoms with E-state index in [1.165, 1.54) is 29.6 Å². The zero-order chi connectivity index (χ0) is 24.6. The molecule has 1 atom stereocenters. The van der Waals surface area contributed by atoms with Gasteiger partial charge in [0, 0.05) is 6.04 Å². The van der Waals surface area contributed by atoms with Gasteiger partial charge in [0.25, 0.3) is 11.8 Å². The van der Waals surface area contributed by atoms with Crippen LogP contribution in [0.3, 0.4) is 0 Å². The van der Waals surface area contributed by atoms with E-state index < -0.39 is 11.9 Å².